The Hall–Kier alpha value is -1.05. The van der Waals surface area contributed by atoms with E-state index in [0.717, 1.165) is 24.1 Å². The van der Waals surface area contributed by atoms with Crippen LogP contribution in [0.2, 0.25) is 0 Å². The molecule has 1 aliphatic rings. The van der Waals surface area contributed by atoms with Crippen LogP contribution in [0.3, 0.4) is 0 Å². The first-order chi connectivity index (χ1) is 7.20. The van der Waals surface area contributed by atoms with Gasteiger partial charge in [0.1, 0.15) is 5.67 Å². The molecule has 0 aromatic heterocycles. The number of alkyl halides is 1. The molecule has 2 rings (SSSR count). The number of benzene rings is 1. The molecule has 0 atom stereocenters. The summed E-state index contributed by atoms with van der Waals surface area (Å²) in [5, 5.41) is 0. The van der Waals surface area contributed by atoms with Crippen LogP contribution in [0.15, 0.2) is 24.3 Å². The van der Waals surface area contributed by atoms with E-state index >= 15 is 0 Å². The topological polar surface area (TPSA) is 26.0 Å². The Morgan fingerprint density at radius 3 is 2.47 bits per heavy atom. The molecule has 0 unspecified atom stereocenters. The van der Waals surface area contributed by atoms with Gasteiger partial charge in [0.2, 0.25) is 0 Å². The Morgan fingerprint density at radius 2 is 1.80 bits per heavy atom. The van der Waals surface area contributed by atoms with Crippen LogP contribution in [0.1, 0.15) is 37.7 Å². The first-order valence-electron chi connectivity index (χ1n) is 5.72. The van der Waals surface area contributed by atoms with E-state index < -0.39 is 5.67 Å². The quantitative estimate of drug-likeness (QED) is 0.738. The van der Waals surface area contributed by atoms with Crippen LogP contribution in [0, 0.1) is 0 Å². The number of nitrogen functional groups attached to an aromatic ring is 1. The lowest BCUT2D eigenvalue weighted by molar-refractivity contribution is 0.107. The third-order valence-corrected chi connectivity index (χ3v) is 3.31. The van der Waals surface area contributed by atoms with Crippen molar-refractivity contribution in [3.8, 4) is 0 Å². The summed E-state index contributed by atoms with van der Waals surface area (Å²) in [6.45, 7) is 0. The smallest absolute Gasteiger partial charge is 0.115 e. The second-order valence-corrected chi connectivity index (χ2v) is 4.59. The molecule has 0 aliphatic heterocycles. The predicted octanol–water partition coefficient (Wildman–Crippen LogP) is 3.48. The fourth-order valence-corrected chi connectivity index (χ4v) is 2.40. The monoisotopic (exact) mass is 207 g/mol. The average molecular weight is 207 g/mol. The highest BCUT2D eigenvalue weighted by molar-refractivity contribution is 5.47. The van der Waals surface area contributed by atoms with Crippen LogP contribution in [-0.2, 0) is 6.42 Å². The van der Waals surface area contributed by atoms with Gasteiger partial charge in [0.05, 0.1) is 0 Å². The van der Waals surface area contributed by atoms with E-state index in [1.165, 1.54) is 6.42 Å². The molecular formula is C13H18FN. The van der Waals surface area contributed by atoms with Gasteiger partial charge in [-0.25, -0.2) is 4.39 Å². The number of nitrogens with two attached hydrogens (primary N) is 1. The summed E-state index contributed by atoms with van der Waals surface area (Å²) < 4.78 is 14.4. The number of rotatable bonds is 2. The van der Waals surface area contributed by atoms with Crippen LogP contribution in [0.5, 0.6) is 0 Å². The molecule has 82 valence electrons. The summed E-state index contributed by atoms with van der Waals surface area (Å²) in [5.74, 6) is 0. The van der Waals surface area contributed by atoms with Gasteiger partial charge in [0, 0.05) is 12.1 Å². The summed E-state index contributed by atoms with van der Waals surface area (Å²) >= 11 is 0. The minimum Gasteiger partial charge on any atom is -0.399 e. The van der Waals surface area contributed by atoms with Crippen LogP contribution in [0.4, 0.5) is 10.1 Å². The number of hydrogen-bond donors (Lipinski definition) is 1. The second kappa shape index (κ2) is 4.21. The van der Waals surface area contributed by atoms with Crippen molar-refractivity contribution in [1.82, 2.24) is 0 Å². The molecule has 2 N–H and O–H groups in total. The lowest BCUT2D eigenvalue weighted by Crippen LogP contribution is -2.29. The van der Waals surface area contributed by atoms with Gasteiger partial charge in [-0.1, -0.05) is 37.5 Å². The maximum atomic E-state index is 14.4. The van der Waals surface area contributed by atoms with Crippen molar-refractivity contribution in [3.63, 3.8) is 0 Å². The molecule has 0 saturated heterocycles. The van der Waals surface area contributed by atoms with Crippen molar-refractivity contribution in [3.05, 3.63) is 29.8 Å². The van der Waals surface area contributed by atoms with Crippen molar-refractivity contribution >= 4 is 5.69 Å². The van der Waals surface area contributed by atoms with E-state index in [9.17, 15) is 4.39 Å². The second-order valence-electron chi connectivity index (χ2n) is 4.59. The SMILES string of the molecule is Nc1ccccc1CC1(F)CCCCC1. The Balaban J connectivity index is 2.10. The molecule has 15 heavy (non-hydrogen) atoms. The molecule has 0 radical (unpaired) electrons. The van der Waals surface area contributed by atoms with E-state index in [-0.39, 0.29) is 0 Å². The lowest BCUT2D eigenvalue weighted by atomic mass is 9.82. The third kappa shape index (κ3) is 2.49. The van der Waals surface area contributed by atoms with Gasteiger partial charge in [-0.2, -0.15) is 0 Å². The van der Waals surface area contributed by atoms with Gasteiger partial charge < -0.3 is 5.73 Å². The first-order valence-corrected chi connectivity index (χ1v) is 5.72. The van der Waals surface area contributed by atoms with E-state index in [1.807, 2.05) is 24.3 Å². The van der Waals surface area contributed by atoms with Crippen LogP contribution >= 0.6 is 0 Å². The van der Waals surface area contributed by atoms with Crippen LogP contribution < -0.4 is 5.73 Å². The number of para-hydroxylation sites is 1. The summed E-state index contributed by atoms with van der Waals surface area (Å²) in [6, 6.07) is 7.61. The van der Waals surface area contributed by atoms with Crippen molar-refractivity contribution < 1.29 is 4.39 Å². The maximum absolute atomic E-state index is 14.4. The Bertz CT molecular complexity index is 329. The van der Waals surface area contributed by atoms with E-state index in [2.05, 4.69) is 0 Å². The molecule has 1 aromatic rings. The molecule has 0 amide bonds. The van der Waals surface area contributed by atoms with E-state index in [1.54, 1.807) is 0 Å². The zero-order chi connectivity index (χ0) is 10.7. The Kier molecular flexibility index (Phi) is 2.94. The van der Waals surface area contributed by atoms with Gasteiger partial charge in [0.25, 0.3) is 0 Å². The molecule has 1 aromatic carbocycles. The van der Waals surface area contributed by atoms with Gasteiger partial charge in [-0.05, 0) is 24.5 Å². The van der Waals surface area contributed by atoms with Crippen molar-refractivity contribution in [2.45, 2.75) is 44.2 Å². The number of halogens is 1. The van der Waals surface area contributed by atoms with Gasteiger partial charge in [0.15, 0.2) is 0 Å². The number of hydrogen-bond acceptors (Lipinski definition) is 1. The largest absolute Gasteiger partial charge is 0.399 e. The van der Waals surface area contributed by atoms with Crippen molar-refractivity contribution in [2.24, 2.45) is 0 Å². The molecule has 0 heterocycles. The summed E-state index contributed by atoms with van der Waals surface area (Å²) in [5.41, 5.74) is 6.51. The molecule has 1 nitrogen and oxygen atoms in total. The summed E-state index contributed by atoms with van der Waals surface area (Å²) in [7, 11) is 0. The third-order valence-electron chi connectivity index (χ3n) is 3.31. The van der Waals surface area contributed by atoms with Crippen LogP contribution in [0.25, 0.3) is 0 Å². The standard InChI is InChI=1S/C13H18FN/c14-13(8-4-1-5-9-13)10-11-6-2-3-7-12(11)15/h2-3,6-7H,1,4-5,8-10,15H2. The Labute approximate surface area is 90.5 Å². The van der Waals surface area contributed by atoms with Gasteiger partial charge >= 0.3 is 0 Å². The fraction of sp³-hybridized carbons (Fsp3) is 0.538. The van der Waals surface area contributed by atoms with E-state index in [0.29, 0.717) is 19.3 Å². The highest BCUT2D eigenvalue weighted by Gasteiger charge is 2.32. The summed E-state index contributed by atoms with van der Waals surface area (Å²) in [4.78, 5) is 0. The maximum Gasteiger partial charge on any atom is 0.115 e. The van der Waals surface area contributed by atoms with Crippen LogP contribution in [-0.4, -0.2) is 5.67 Å². The minimum atomic E-state index is -1.01. The molecule has 0 bridgehead atoms. The zero-order valence-corrected chi connectivity index (χ0v) is 9.01. The predicted molar refractivity (Wildman–Crippen MR) is 61.5 cm³/mol. The lowest BCUT2D eigenvalue weighted by Gasteiger charge is -2.29. The molecular weight excluding hydrogens is 189 g/mol. The first kappa shape index (κ1) is 10.5. The molecule has 2 heteroatoms. The molecule has 0 spiro atoms. The fourth-order valence-electron chi connectivity index (χ4n) is 2.40. The average Bonchev–Trinajstić information content (AvgIpc) is 2.22. The highest BCUT2D eigenvalue weighted by atomic mass is 19.1. The molecule has 1 saturated carbocycles. The minimum absolute atomic E-state index is 0.486. The Morgan fingerprint density at radius 1 is 1.13 bits per heavy atom. The zero-order valence-electron chi connectivity index (χ0n) is 9.01. The normalized spacial score (nSPS) is 20.1. The van der Waals surface area contributed by atoms with E-state index in [4.69, 9.17) is 5.73 Å². The van der Waals surface area contributed by atoms with Crippen molar-refractivity contribution in [2.75, 3.05) is 5.73 Å². The molecule has 1 aliphatic carbocycles. The molecule has 1 fully saturated rings. The van der Waals surface area contributed by atoms with Crippen molar-refractivity contribution in [1.29, 1.82) is 0 Å². The van der Waals surface area contributed by atoms with Gasteiger partial charge in [-0.3, -0.25) is 0 Å². The van der Waals surface area contributed by atoms with Gasteiger partial charge in [-0.15, -0.1) is 0 Å². The number of anilines is 1. The highest BCUT2D eigenvalue weighted by Crippen LogP contribution is 2.35. The summed E-state index contributed by atoms with van der Waals surface area (Å²) in [6.07, 6.45) is 5.09.